The Kier molecular flexibility index (Phi) is 5.93. The number of hydrogen-bond donors (Lipinski definition) is 1. The largest absolute Gasteiger partial charge is 0.372 e. The molecular formula is C17H23N3O2. The first kappa shape index (κ1) is 16.5. The molecule has 22 heavy (non-hydrogen) atoms. The van der Waals surface area contributed by atoms with Crippen LogP contribution >= 0.6 is 0 Å². The second-order valence-corrected chi connectivity index (χ2v) is 5.79. The lowest BCUT2D eigenvalue weighted by Gasteiger charge is -2.35. The van der Waals surface area contributed by atoms with Crippen LogP contribution in [0.25, 0.3) is 0 Å². The Morgan fingerprint density at radius 2 is 1.95 bits per heavy atom. The van der Waals surface area contributed by atoms with E-state index in [2.05, 4.69) is 11.4 Å². The van der Waals surface area contributed by atoms with Gasteiger partial charge in [-0.15, -0.1) is 0 Å². The number of nitrogens with one attached hydrogen (secondary N) is 1. The lowest BCUT2D eigenvalue weighted by molar-refractivity contribution is -0.143. The fourth-order valence-corrected chi connectivity index (χ4v) is 2.66. The van der Waals surface area contributed by atoms with Gasteiger partial charge in [0.05, 0.1) is 23.8 Å². The average molecular weight is 301 g/mol. The highest BCUT2D eigenvalue weighted by Gasteiger charge is 2.25. The number of benzene rings is 1. The molecule has 0 unspecified atom stereocenters. The van der Waals surface area contributed by atoms with E-state index in [-0.39, 0.29) is 18.1 Å². The Bertz CT molecular complexity index is 526. The molecule has 0 radical (unpaired) electrons. The highest BCUT2D eigenvalue weighted by atomic mass is 16.5. The first-order valence-electron chi connectivity index (χ1n) is 7.71. The van der Waals surface area contributed by atoms with Gasteiger partial charge in [0.15, 0.2) is 0 Å². The molecule has 1 amide bonds. The smallest absolute Gasteiger partial charge is 0.224 e. The summed E-state index contributed by atoms with van der Waals surface area (Å²) in [6.45, 7) is 6.71. The number of carbonyl (C=O) groups is 1. The van der Waals surface area contributed by atoms with Crippen LogP contribution in [0.3, 0.4) is 0 Å². The Labute approximate surface area is 131 Å². The summed E-state index contributed by atoms with van der Waals surface area (Å²) >= 11 is 0. The molecule has 1 aliphatic rings. The Hall–Kier alpha value is -1.90. The van der Waals surface area contributed by atoms with Crippen molar-refractivity contribution in [1.29, 1.82) is 5.26 Å². The van der Waals surface area contributed by atoms with Crippen LogP contribution in [0, 0.1) is 11.3 Å². The summed E-state index contributed by atoms with van der Waals surface area (Å²) in [5.74, 6) is 0.175. The number of ether oxygens (including phenoxy) is 1. The van der Waals surface area contributed by atoms with Gasteiger partial charge in [0.1, 0.15) is 0 Å². The third kappa shape index (κ3) is 4.83. The Balaban J connectivity index is 1.69. The van der Waals surface area contributed by atoms with Gasteiger partial charge in [-0.2, -0.15) is 5.26 Å². The van der Waals surface area contributed by atoms with Gasteiger partial charge in [-0.05, 0) is 31.5 Å². The van der Waals surface area contributed by atoms with Crippen LogP contribution in [0.5, 0.6) is 0 Å². The molecule has 118 valence electrons. The number of carbonyl (C=O) groups excluding carboxylic acids is 1. The van der Waals surface area contributed by atoms with Gasteiger partial charge in [-0.1, -0.05) is 12.1 Å². The van der Waals surface area contributed by atoms with Gasteiger partial charge in [-0.25, -0.2) is 0 Å². The normalized spacial score (nSPS) is 21.4. The lowest BCUT2D eigenvalue weighted by atomic mass is 10.1. The molecule has 0 aromatic heterocycles. The average Bonchev–Trinajstić information content (AvgIpc) is 2.51. The van der Waals surface area contributed by atoms with Crippen LogP contribution in [0.1, 0.15) is 31.4 Å². The fraction of sp³-hybridized carbons (Fsp3) is 0.529. The van der Waals surface area contributed by atoms with Gasteiger partial charge in [0.25, 0.3) is 0 Å². The number of amides is 1. The molecule has 0 aliphatic carbocycles. The van der Waals surface area contributed by atoms with Crippen molar-refractivity contribution in [3.8, 4) is 6.07 Å². The van der Waals surface area contributed by atoms with E-state index < -0.39 is 0 Å². The topological polar surface area (TPSA) is 65.4 Å². The predicted molar refractivity (Wildman–Crippen MR) is 84.1 cm³/mol. The zero-order valence-corrected chi connectivity index (χ0v) is 13.2. The van der Waals surface area contributed by atoms with E-state index >= 15 is 0 Å². The van der Waals surface area contributed by atoms with Crippen molar-refractivity contribution in [3.05, 3.63) is 35.4 Å². The van der Waals surface area contributed by atoms with Crippen molar-refractivity contribution >= 4 is 5.91 Å². The molecule has 2 atom stereocenters. The summed E-state index contributed by atoms with van der Waals surface area (Å²) in [5, 5.41) is 12.0. The highest BCUT2D eigenvalue weighted by molar-refractivity contribution is 5.76. The minimum atomic E-state index is 0.110. The van der Waals surface area contributed by atoms with Gasteiger partial charge in [0.2, 0.25) is 5.91 Å². The van der Waals surface area contributed by atoms with Gasteiger partial charge >= 0.3 is 0 Å². The van der Waals surface area contributed by atoms with Crippen LogP contribution in [0.2, 0.25) is 0 Å². The quantitative estimate of drug-likeness (QED) is 0.840. The Morgan fingerprint density at radius 3 is 2.55 bits per heavy atom. The zero-order chi connectivity index (χ0) is 15.9. The molecule has 1 aromatic rings. The summed E-state index contributed by atoms with van der Waals surface area (Å²) in [7, 11) is 0. The summed E-state index contributed by atoms with van der Waals surface area (Å²) in [6, 6.07) is 9.57. The van der Waals surface area contributed by atoms with E-state index in [1.807, 2.05) is 30.9 Å². The molecule has 2 rings (SSSR count). The standard InChI is InChI=1S/C17H23N3O2/c1-13-11-20(12-14(2)22-13)17(21)7-8-19-10-16-5-3-15(9-18)4-6-16/h3-6,13-14,19H,7-8,10-12H2,1-2H3/t13-,14+. The van der Waals surface area contributed by atoms with Crippen LogP contribution in [0.4, 0.5) is 0 Å². The number of rotatable bonds is 5. The lowest BCUT2D eigenvalue weighted by Crippen LogP contribution is -2.48. The van der Waals surface area contributed by atoms with Crippen molar-refractivity contribution in [2.24, 2.45) is 0 Å². The summed E-state index contributed by atoms with van der Waals surface area (Å²) in [6.07, 6.45) is 0.717. The Morgan fingerprint density at radius 1 is 1.32 bits per heavy atom. The summed E-state index contributed by atoms with van der Waals surface area (Å²) < 4.78 is 5.64. The van der Waals surface area contributed by atoms with E-state index in [1.54, 1.807) is 12.1 Å². The molecular weight excluding hydrogens is 278 g/mol. The number of hydrogen-bond acceptors (Lipinski definition) is 4. The van der Waals surface area contributed by atoms with Crippen LogP contribution < -0.4 is 5.32 Å². The molecule has 1 aliphatic heterocycles. The third-order valence-electron chi connectivity index (χ3n) is 3.70. The molecule has 5 heteroatoms. The van der Waals surface area contributed by atoms with Crippen LogP contribution in [-0.2, 0) is 16.1 Å². The molecule has 0 saturated carbocycles. The fourth-order valence-electron chi connectivity index (χ4n) is 2.66. The maximum Gasteiger partial charge on any atom is 0.224 e. The van der Waals surface area contributed by atoms with Crippen LogP contribution in [0.15, 0.2) is 24.3 Å². The molecule has 1 saturated heterocycles. The summed E-state index contributed by atoms with van der Waals surface area (Å²) in [4.78, 5) is 14.1. The van der Waals surface area contributed by atoms with Crippen LogP contribution in [-0.4, -0.2) is 42.6 Å². The van der Waals surface area contributed by atoms with Gasteiger partial charge in [0, 0.05) is 32.6 Å². The third-order valence-corrected chi connectivity index (χ3v) is 3.70. The van der Waals surface area contributed by atoms with Gasteiger partial charge in [-0.3, -0.25) is 4.79 Å². The first-order valence-corrected chi connectivity index (χ1v) is 7.71. The van der Waals surface area contributed by atoms with Crippen molar-refractivity contribution in [3.63, 3.8) is 0 Å². The van der Waals surface area contributed by atoms with Crippen molar-refractivity contribution in [2.75, 3.05) is 19.6 Å². The second-order valence-electron chi connectivity index (χ2n) is 5.79. The maximum absolute atomic E-state index is 12.2. The molecule has 0 spiro atoms. The predicted octanol–water partition coefficient (Wildman–Crippen LogP) is 1.67. The zero-order valence-electron chi connectivity index (χ0n) is 13.2. The van der Waals surface area contributed by atoms with Crippen molar-refractivity contribution in [2.45, 2.75) is 39.0 Å². The molecule has 1 fully saturated rings. The van der Waals surface area contributed by atoms with Crippen molar-refractivity contribution < 1.29 is 9.53 Å². The minimum absolute atomic E-state index is 0.110. The monoisotopic (exact) mass is 301 g/mol. The summed E-state index contributed by atoms with van der Waals surface area (Å²) in [5.41, 5.74) is 1.77. The number of morpholine rings is 1. The van der Waals surface area contributed by atoms with E-state index in [0.717, 1.165) is 5.56 Å². The number of nitrogens with zero attached hydrogens (tertiary/aromatic N) is 2. The second kappa shape index (κ2) is 7.92. The number of nitriles is 1. The maximum atomic E-state index is 12.2. The van der Waals surface area contributed by atoms with E-state index in [0.29, 0.717) is 38.2 Å². The van der Waals surface area contributed by atoms with Gasteiger partial charge < -0.3 is 15.0 Å². The van der Waals surface area contributed by atoms with Crippen molar-refractivity contribution in [1.82, 2.24) is 10.2 Å². The molecule has 1 aromatic carbocycles. The molecule has 0 bridgehead atoms. The van der Waals surface area contributed by atoms with E-state index in [4.69, 9.17) is 10.00 Å². The van der Waals surface area contributed by atoms with E-state index in [9.17, 15) is 4.79 Å². The SMILES string of the molecule is C[C@@H]1CN(C(=O)CCNCc2ccc(C#N)cc2)C[C@H](C)O1. The minimum Gasteiger partial charge on any atom is -0.372 e. The molecule has 5 nitrogen and oxygen atoms in total. The highest BCUT2D eigenvalue weighted by Crippen LogP contribution is 2.11. The van der Waals surface area contributed by atoms with E-state index in [1.165, 1.54) is 0 Å². The first-order chi connectivity index (χ1) is 10.6. The molecule has 1 heterocycles. The molecule has 1 N–H and O–H groups in total.